The molecule has 22 heavy (non-hydrogen) atoms. The van der Waals surface area contributed by atoms with Gasteiger partial charge in [-0.15, -0.1) is 11.8 Å². The fourth-order valence-corrected chi connectivity index (χ4v) is 2.72. The van der Waals surface area contributed by atoms with Crippen LogP contribution in [-0.2, 0) is 14.3 Å². The zero-order chi connectivity index (χ0) is 15.8. The maximum Gasteiger partial charge on any atom is 0.234 e. The first kappa shape index (κ1) is 16.6. The normalized spacial score (nSPS) is 14.5. The molecule has 1 aliphatic rings. The Hall–Kier alpha value is -1.73. The Morgan fingerprint density at radius 3 is 2.55 bits per heavy atom. The highest BCUT2D eigenvalue weighted by molar-refractivity contribution is 8.00. The van der Waals surface area contributed by atoms with E-state index in [0.717, 1.165) is 5.75 Å². The SMILES string of the molecule is COc1ccc(NC(=O)CSCC(=O)N2CCOCC2)cc1. The summed E-state index contributed by atoms with van der Waals surface area (Å²) < 4.78 is 10.3. The molecule has 0 unspecified atom stereocenters. The molecule has 0 aliphatic carbocycles. The van der Waals surface area contributed by atoms with Crippen LogP contribution in [0.2, 0.25) is 0 Å². The Morgan fingerprint density at radius 2 is 1.91 bits per heavy atom. The Labute approximate surface area is 134 Å². The van der Waals surface area contributed by atoms with Gasteiger partial charge >= 0.3 is 0 Å². The highest BCUT2D eigenvalue weighted by Crippen LogP contribution is 2.15. The second-order valence-corrected chi connectivity index (χ2v) is 5.75. The highest BCUT2D eigenvalue weighted by atomic mass is 32.2. The van der Waals surface area contributed by atoms with E-state index in [1.54, 1.807) is 36.3 Å². The number of ether oxygens (including phenoxy) is 2. The number of methoxy groups -OCH3 is 1. The average molecular weight is 324 g/mol. The van der Waals surface area contributed by atoms with E-state index in [1.165, 1.54) is 11.8 Å². The van der Waals surface area contributed by atoms with E-state index in [1.807, 2.05) is 0 Å². The Bertz CT molecular complexity index is 501. The van der Waals surface area contributed by atoms with Gasteiger partial charge in [0.05, 0.1) is 31.8 Å². The maximum atomic E-state index is 11.9. The molecule has 1 N–H and O–H groups in total. The number of carbonyl (C=O) groups is 2. The molecule has 2 amide bonds. The first-order valence-corrected chi connectivity index (χ1v) is 8.21. The van der Waals surface area contributed by atoms with Gasteiger partial charge < -0.3 is 19.7 Å². The zero-order valence-electron chi connectivity index (χ0n) is 12.5. The van der Waals surface area contributed by atoms with Crippen molar-refractivity contribution in [1.29, 1.82) is 0 Å². The standard InChI is InChI=1S/C15H20N2O4S/c1-20-13-4-2-12(3-5-13)16-14(18)10-22-11-15(19)17-6-8-21-9-7-17/h2-5H,6-11H2,1H3,(H,16,18). The molecular weight excluding hydrogens is 304 g/mol. The van der Waals surface area contributed by atoms with Crippen LogP contribution in [0.1, 0.15) is 0 Å². The summed E-state index contributed by atoms with van der Waals surface area (Å²) in [7, 11) is 1.59. The van der Waals surface area contributed by atoms with Gasteiger partial charge in [0.15, 0.2) is 0 Å². The van der Waals surface area contributed by atoms with Crippen LogP contribution in [-0.4, -0.2) is 61.6 Å². The monoisotopic (exact) mass is 324 g/mol. The summed E-state index contributed by atoms with van der Waals surface area (Å²) in [6.45, 7) is 2.46. The molecule has 0 saturated carbocycles. The van der Waals surface area contributed by atoms with Crippen molar-refractivity contribution in [3.8, 4) is 5.75 Å². The number of morpholine rings is 1. The summed E-state index contributed by atoms with van der Waals surface area (Å²) in [4.78, 5) is 25.5. The van der Waals surface area contributed by atoms with Crippen LogP contribution >= 0.6 is 11.8 Å². The molecule has 7 heteroatoms. The molecule has 0 spiro atoms. The van der Waals surface area contributed by atoms with Gasteiger partial charge in [-0.1, -0.05) is 0 Å². The number of nitrogens with one attached hydrogen (secondary N) is 1. The van der Waals surface area contributed by atoms with Gasteiger partial charge in [0, 0.05) is 18.8 Å². The molecule has 1 aromatic rings. The average Bonchev–Trinajstić information content (AvgIpc) is 2.56. The number of thioether (sulfide) groups is 1. The first-order valence-electron chi connectivity index (χ1n) is 7.06. The van der Waals surface area contributed by atoms with Crippen LogP contribution in [0.5, 0.6) is 5.75 Å². The molecule has 1 fully saturated rings. The van der Waals surface area contributed by atoms with Crippen molar-refractivity contribution in [2.75, 3.05) is 50.2 Å². The Kier molecular flexibility index (Phi) is 6.54. The van der Waals surface area contributed by atoms with E-state index in [-0.39, 0.29) is 17.6 Å². The van der Waals surface area contributed by atoms with Gasteiger partial charge in [0.25, 0.3) is 0 Å². The summed E-state index contributed by atoms with van der Waals surface area (Å²) in [6.07, 6.45) is 0. The minimum atomic E-state index is -0.120. The lowest BCUT2D eigenvalue weighted by atomic mass is 10.3. The second-order valence-electron chi connectivity index (χ2n) is 4.76. The lowest BCUT2D eigenvalue weighted by molar-refractivity contribution is -0.132. The molecule has 1 aliphatic heterocycles. The quantitative estimate of drug-likeness (QED) is 0.852. The van der Waals surface area contributed by atoms with Gasteiger partial charge in [-0.3, -0.25) is 9.59 Å². The number of hydrogen-bond donors (Lipinski definition) is 1. The summed E-state index contributed by atoms with van der Waals surface area (Å²) in [5.74, 6) is 1.25. The van der Waals surface area contributed by atoms with Crippen molar-refractivity contribution in [2.45, 2.75) is 0 Å². The topological polar surface area (TPSA) is 67.9 Å². The van der Waals surface area contributed by atoms with E-state index in [0.29, 0.717) is 37.7 Å². The van der Waals surface area contributed by atoms with Gasteiger partial charge in [-0.2, -0.15) is 0 Å². The molecule has 1 heterocycles. The molecule has 6 nitrogen and oxygen atoms in total. The summed E-state index contributed by atoms with van der Waals surface area (Å²) in [5.41, 5.74) is 0.714. The minimum absolute atomic E-state index is 0.0607. The molecule has 0 bridgehead atoms. The predicted octanol–water partition coefficient (Wildman–Crippen LogP) is 1.23. The van der Waals surface area contributed by atoms with Crippen molar-refractivity contribution in [1.82, 2.24) is 4.90 Å². The lowest BCUT2D eigenvalue weighted by Gasteiger charge is -2.26. The number of hydrogen-bond acceptors (Lipinski definition) is 5. The smallest absolute Gasteiger partial charge is 0.234 e. The van der Waals surface area contributed by atoms with Crippen molar-refractivity contribution in [3.05, 3.63) is 24.3 Å². The lowest BCUT2D eigenvalue weighted by Crippen LogP contribution is -2.41. The number of rotatable bonds is 6. The highest BCUT2D eigenvalue weighted by Gasteiger charge is 2.16. The van der Waals surface area contributed by atoms with E-state index in [2.05, 4.69) is 5.32 Å². The van der Waals surface area contributed by atoms with Gasteiger partial charge in [0.2, 0.25) is 11.8 Å². The Balaban J connectivity index is 1.67. The van der Waals surface area contributed by atoms with E-state index in [9.17, 15) is 9.59 Å². The van der Waals surface area contributed by atoms with Crippen molar-refractivity contribution in [2.24, 2.45) is 0 Å². The predicted molar refractivity (Wildman–Crippen MR) is 86.3 cm³/mol. The number of benzene rings is 1. The number of carbonyl (C=O) groups excluding carboxylic acids is 2. The van der Waals surface area contributed by atoms with Gasteiger partial charge in [-0.05, 0) is 24.3 Å². The second kappa shape index (κ2) is 8.65. The fourth-order valence-electron chi connectivity index (χ4n) is 2.01. The van der Waals surface area contributed by atoms with E-state index >= 15 is 0 Å². The third-order valence-corrected chi connectivity index (χ3v) is 4.11. The first-order chi connectivity index (χ1) is 10.7. The van der Waals surface area contributed by atoms with Crippen LogP contribution in [0.3, 0.4) is 0 Å². The maximum absolute atomic E-state index is 11.9. The number of nitrogens with zero attached hydrogens (tertiary/aromatic N) is 1. The van der Waals surface area contributed by atoms with Crippen molar-refractivity contribution < 1.29 is 19.1 Å². The minimum Gasteiger partial charge on any atom is -0.497 e. The van der Waals surface area contributed by atoms with Crippen molar-refractivity contribution in [3.63, 3.8) is 0 Å². The van der Waals surface area contributed by atoms with Crippen LogP contribution in [0.4, 0.5) is 5.69 Å². The molecular formula is C15H20N2O4S. The summed E-state index contributed by atoms with van der Waals surface area (Å²) >= 11 is 1.32. The van der Waals surface area contributed by atoms with Crippen LogP contribution < -0.4 is 10.1 Å². The van der Waals surface area contributed by atoms with E-state index in [4.69, 9.17) is 9.47 Å². The molecule has 2 rings (SSSR count). The fraction of sp³-hybridized carbons (Fsp3) is 0.467. The third-order valence-electron chi connectivity index (χ3n) is 3.20. The van der Waals surface area contributed by atoms with Crippen LogP contribution in [0.15, 0.2) is 24.3 Å². The van der Waals surface area contributed by atoms with Crippen LogP contribution in [0, 0.1) is 0 Å². The summed E-state index contributed by atoms with van der Waals surface area (Å²) in [6, 6.07) is 7.12. The largest absolute Gasteiger partial charge is 0.497 e. The molecule has 0 radical (unpaired) electrons. The zero-order valence-corrected chi connectivity index (χ0v) is 13.4. The van der Waals surface area contributed by atoms with Crippen LogP contribution in [0.25, 0.3) is 0 Å². The number of amides is 2. The van der Waals surface area contributed by atoms with Gasteiger partial charge in [0.1, 0.15) is 5.75 Å². The third kappa shape index (κ3) is 5.23. The summed E-state index contributed by atoms with van der Waals surface area (Å²) in [5, 5.41) is 2.79. The number of anilines is 1. The van der Waals surface area contributed by atoms with Gasteiger partial charge in [-0.25, -0.2) is 0 Å². The molecule has 0 atom stereocenters. The molecule has 1 saturated heterocycles. The van der Waals surface area contributed by atoms with Crippen molar-refractivity contribution >= 4 is 29.3 Å². The molecule has 120 valence electrons. The van der Waals surface area contributed by atoms with E-state index < -0.39 is 0 Å². The molecule has 0 aromatic heterocycles. The molecule has 1 aromatic carbocycles. The Morgan fingerprint density at radius 1 is 1.23 bits per heavy atom.